The Kier molecular flexibility index (Phi) is 3.57. The van der Waals surface area contributed by atoms with E-state index in [1.165, 1.54) is 18.9 Å². The van der Waals surface area contributed by atoms with E-state index in [2.05, 4.69) is 0 Å². The lowest BCUT2D eigenvalue weighted by Gasteiger charge is -2.21. The first-order valence-corrected chi connectivity index (χ1v) is 3.46. The topological polar surface area (TPSA) is 57.6 Å². The van der Waals surface area contributed by atoms with Crippen molar-refractivity contribution in [1.29, 1.82) is 0 Å². The van der Waals surface area contributed by atoms with Gasteiger partial charge in [-0.05, 0) is 6.42 Å². The number of nitrogens with zero attached hydrogens (tertiary/aromatic N) is 1. The van der Waals surface area contributed by atoms with E-state index in [9.17, 15) is 9.59 Å². The van der Waals surface area contributed by atoms with E-state index in [0.717, 1.165) is 0 Å². The summed E-state index contributed by atoms with van der Waals surface area (Å²) in [5, 5.41) is 8.60. The van der Waals surface area contributed by atoms with Crippen LogP contribution in [0.2, 0.25) is 0 Å². The van der Waals surface area contributed by atoms with Crippen LogP contribution in [0.25, 0.3) is 0 Å². The maximum atomic E-state index is 10.7. The third-order valence-electron chi connectivity index (χ3n) is 1.64. The van der Waals surface area contributed by atoms with Crippen LogP contribution < -0.4 is 0 Å². The van der Waals surface area contributed by atoms with E-state index in [1.807, 2.05) is 0 Å². The van der Waals surface area contributed by atoms with Crippen LogP contribution in [0.3, 0.4) is 0 Å². The number of likely N-dealkylation sites (N-methyl/N-ethyl adjacent to an activating group) is 1. The van der Waals surface area contributed by atoms with Crippen molar-refractivity contribution in [2.45, 2.75) is 26.3 Å². The summed E-state index contributed by atoms with van der Waals surface area (Å²) >= 11 is 0. The van der Waals surface area contributed by atoms with E-state index < -0.39 is 12.0 Å². The van der Waals surface area contributed by atoms with E-state index in [4.69, 9.17) is 5.11 Å². The zero-order valence-electron chi connectivity index (χ0n) is 7.00. The summed E-state index contributed by atoms with van der Waals surface area (Å²) in [6.07, 6.45) is 0.436. The minimum absolute atomic E-state index is 0.223. The van der Waals surface area contributed by atoms with Crippen LogP contribution in [0.5, 0.6) is 0 Å². The van der Waals surface area contributed by atoms with Gasteiger partial charge in [0.1, 0.15) is 6.04 Å². The number of hydrogen-bond acceptors (Lipinski definition) is 2. The molecular weight excluding hydrogens is 146 g/mol. The molecule has 0 aromatic heterocycles. The summed E-state index contributed by atoms with van der Waals surface area (Å²) in [5.41, 5.74) is 0. The molecule has 0 bridgehead atoms. The van der Waals surface area contributed by atoms with Gasteiger partial charge >= 0.3 is 5.97 Å². The minimum atomic E-state index is -0.954. The standard InChI is InChI=1S/C7H13NO3/c1-4-6(7(10)11)8(3)5(2)9/h6H,4H2,1-3H3,(H,10,11). The highest BCUT2D eigenvalue weighted by atomic mass is 16.4. The van der Waals surface area contributed by atoms with Gasteiger partial charge in [0.15, 0.2) is 0 Å². The molecule has 0 radical (unpaired) electrons. The molecule has 0 aromatic carbocycles. The fraction of sp³-hybridized carbons (Fsp3) is 0.714. The first-order chi connectivity index (χ1) is 5.00. The van der Waals surface area contributed by atoms with Crippen LogP contribution in [-0.2, 0) is 9.59 Å². The zero-order chi connectivity index (χ0) is 9.02. The Morgan fingerprint density at radius 3 is 2.09 bits per heavy atom. The van der Waals surface area contributed by atoms with Gasteiger partial charge in [-0.1, -0.05) is 6.92 Å². The van der Waals surface area contributed by atoms with Gasteiger partial charge < -0.3 is 10.0 Å². The first-order valence-electron chi connectivity index (χ1n) is 3.46. The molecule has 0 saturated heterocycles. The van der Waals surface area contributed by atoms with E-state index in [-0.39, 0.29) is 5.91 Å². The van der Waals surface area contributed by atoms with E-state index >= 15 is 0 Å². The summed E-state index contributed by atoms with van der Waals surface area (Å²) in [6.45, 7) is 3.09. The summed E-state index contributed by atoms with van der Waals surface area (Å²) in [5.74, 6) is -1.18. The molecule has 1 N–H and O–H groups in total. The Hall–Kier alpha value is -1.06. The van der Waals surface area contributed by atoms with Crippen LogP contribution in [0.1, 0.15) is 20.3 Å². The Bertz CT molecular complexity index is 167. The quantitative estimate of drug-likeness (QED) is 0.645. The second kappa shape index (κ2) is 3.95. The van der Waals surface area contributed by atoms with Gasteiger partial charge in [-0.3, -0.25) is 4.79 Å². The fourth-order valence-electron chi connectivity index (χ4n) is 0.834. The van der Waals surface area contributed by atoms with Gasteiger partial charge in [-0.15, -0.1) is 0 Å². The van der Waals surface area contributed by atoms with Crippen LogP contribution >= 0.6 is 0 Å². The predicted molar refractivity (Wildman–Crippen MR) is 40.2 cm³/mol. The Morgan fingerprint density at radius 1 is 1.55 bits per heavy atom. The van der Waals surface area contributed by atoms with Crippen molar-refractivity contribution in [3.8, 4) is 0 Å². The second-order valence-electron chi connectivity index (χ2n) is 2.39. The van der Waals surface area contributed by atoms with Gasteiger partial charge in [0.25, 0.3) is 0 Å². The van der Waals surface area contributed by atoms with Crippen molar-refractivity contribution in [1.82, 2.24) is 4.90 Å². The number of carboxylic acids is 1. The fourth-order valence-corrected chi connectivity index (χ4v) is 0.834. The van der Waals surface area contributed by atoms with Gasteiger partial charge in [-0.25, -0.2) is 4.79 Å². The number of aliphatic carboxylic acids is 1. The second-order valence-corrected chi connectivity index (χ2v) is 2.39. The zero-order valence-corrected chi connectivity index (χ0v) is 7.00. The van der Waals surface area contributed by atoms with Crippen molar-refractivity contribution in [3.05, 3.63) is 0 Å². The van der Waals surface area contributed by atoms with Crippen molar-refractivity contribution >= 4 is 11.9 Å². The lowest BCUT2D eigenvalue weighted by molar-refractivity contribution is -0.148. The summed E-state index contributed by atoms with van der Waals surface area (Å²) in [6, 6.07) is -0.688. The van der Waals surface area contributed by atoms with Crippen LogP contribution in [-0.4, -0.2) is 35.0 Å². The Balaban J connectivity index is 4.25. The molecule has 0 fully saturated rings. The molecule has 0 aliphatic carbocycles. The average Bonchev–Trinajstić information content (AvgIpc) is 1.88. The highest BCUT2D eigenvalue weighted by Crippen LogP contribution is 2.01. The molecule has 1 atom stereocenters. The van der Waals surface area contributed by atoms with Crippen LogP contribution in [0, 0.1) is 0 Å². The summed E-state index contributed by atoms with van der Waals surface area (Å²) in [4.78, 5) is 22.4. The molecule has 0 spiro atoms. The highest BCUT2D eigenvalue weighted by Gasteiger charge is 2.21. The number of amides is 1. The number of rotatable bonds is 3. The number of carboxylic acid groups (broad SMARTS) is 1. The Labute approximate surface area is 65.8 Å². The molecule has 0 aliphatic heterocycles. The molecule has 1 amide bonds. The number of carbonyl (C=O) groups is 2. The molecular formula is C7H13NO3. The highest BCUT2D eigenvalue weighted by molar-refractivity contribution is 5.81. The Morgan fingerprint density at radius 2 is 2.00 bits per heavy atom. The van der Waals surface area contributed by atoms with Crippen molar-refractivity contribution in [2.24, 2.45) is 0 Å². The summed E-state index contributed by atoms with van der Waals surface area (Å²) in [7, 11) is 1.49. The predicted octanol–water partition coefficient (Wildman–Crippen LogP) is 0.328. The number of carbonyl (C=O) groups excluding carboxylic acids is 1. The molecule has 0 aliphatic rings. The van der Waals surface area contributed by atoms with Gasteiger partial charge in [0.05, 0.1) is 0 Å². The third kappa shape index (κ3) is 2.57. The molecule has 0 aromatic rings. The minimum Gasteiger partial charge on any atom is -0.480 e. The molecule has 4 heteroatoms. The largest absolute Gasteiger partial charge is 0.480 e. The number of hydrogen-bond donors (Lipinski definition) is 1. The first kappa shape index (κ1) is 9.94. The molecule has 11 heavy (non-hydrogen) atoms. The average molecular weight is 159 g/mol. The smallest absolute Gasteiger partial charge is 0.326 e. The molecule has 0 rings (SSSR count). The maximum absolute atomic E-state index is 10.7. The van der Waals surface area contributed by atoms with Gasteiger partial charge in [-0.2, -0.15) is 0 Å². The normalized spacial score (nSPS) is 12.3. The van der Waals surface area contributed by atoms with Crippen molar-refractivity contribution < 1.29 is 14.7 Å². The van der Waals surface area contributed by atoms with Gasteiger partial charge in [0.2, 0.25) is 5.91 Å². The van der Waals surface area contributed by atoms with E-state index in [1.54, 1.807) is 6.92 Å². The maximum Gasteiger partial charge on any atom is 0.326 e. The SMILES string of the molecule is CCC(C(=O)O)N(C)C(C)=O. The molecule has 64 valence electrons. The van der Waals surface area contributed by atoms with Crippen LogP contribution in [0.4, 0.5) is 0 Å². The molecule has 0 saturated carbocycles. The molecule has 0 heterocycles. The lowest BCUT2D eigenvalue weighted by Crippen LogP contribution is -2.40. The lowest BCUT2D eigenvalue weighted by atomic mass is 10.2. The monoisotopic (exact) mass is 159 g/mol. The summed E-state index contributed by atoms with van der Waals surface area (Å²) < 4.78 is 0. The van der Waals surface area contributed by atoms with Crippen molar-refractivity contribution in [3.63, 3.8) is 0 Å². The van der Waals surface area contributed by atoms with E-state index in [0.29, 0.717) is 6.42 Å². The van der Waals surface area contributed by atoms with Crippen LogP contribution in [0.15, 0.2) is 0 Å². The molecule has 4 nitrogen and oxygen atoms in total. The third-order valence-corrected chi connectivity index (χ3v) is 1.64. The van der Waals surface area contributed by atoms with Crippen molar-refractivity contribution in [2.75, 3.05) is 7.05 Å². The van der Waals surface area contributed by atoms with Gasteiger partial charge in [0, 0.05) is 14.0 Å². The molecule has 1 unspecified atom stereocenters.